The highest BCUT2D eigenvalue weighted by Crippen LogP contribution is 2.25. The highest BCUT2D eigenvalue weighted by atomic mass is 16.2. The minimum absolute atomic E-state index is 0.267. The fourth-order valence-electron chi connectivity index (χ4n) is 3.98. The number of aryl methyl sites for hydroxylation is 1. The van der Waals surface area contributed by atoms with Crippen LogP contribution in [0.25, 0.3) is 11.2 Å². The zero-order valence-corrected chi connectivity index (χ0v) is 15.4. The molecule has 1 aliphatic heterocycles. The molecule has 1 atom stereocenters. The molecule has 0 amide bonds. The summed E-state index contributed by atoms with van der Waals surface area (Å²) in [6.45, 7) is 4.20. The molecular formula is C18H26N6O2. The number of anilines is 1. The molecule has 8 heteroatoms. The first-order valence-electron chi connectivity index (χ1n) is 9.36. The maximum absolute atomic E-state index is 12.9. The number of nitrogens with zero attached hydrogens (tertiary/aromatic N) is 5. The second kappa shape index (κ2) is 6.75. The number of nitrogens with one attached hydrogen (secondary N) is 1. The molecule has 8 nitrogen and oxygen atoms in total. The van der Waals surface area contributed by atoms with Crippen molar-refractivity contribution in [2.45, 2.75) is 25.8 Å². The van der Waals surface area contributed by atoms with Crippen LogP contribution < -0.4 is 21.5 Å². The molecule has 1 unspecified atom stereocenters. The number of rotatable bonds is 3. The first-order valence-corrected chi connectivity index (χ1v) is 9.36. The number of hydrogen-bond acceptors (Lipinski definition) is 5. The van der Waals surface area contributed by atoms with E-state index in [2.05, 4.69) is 22.4 Å². The van der Waals surface area contributed by atoms with Crippen LogP contribution in [0.15, 0.2) is 21.7 Å². The van der Waals surface area contributed by atoms with Crippen LogP contribution in [0.1, 0.15) is 19.3 Å². The molecule has 26 heavy (non-hydrogen) atoms. The van der Waals surface area contributed by atoms with Crippen LogP contribution in [0.5, 0.6) is 0 Å². The summed E-state index contributed by atoms with van der Waals surface area (Å²) >= 11 is 0. The zero-order chi connectivity index (χ0) is 18.3. The Morgan fingerprint density at radius 1 is 1.19 bits per heavy atom. The molecule has 140 valence electrons. The van der Waals surface area contributed by atoms with Crippen molar-refractivity contribution in [2.75, 3.05) is 31.1 Å². The Hall–Kier alpha value is -2.35. The summed E-state index contributed by atoms with van der Waals surface area (Å²) in [6, 6.07) is 0. The number of allylic oxidation sites excluding steroid dienone is 2. The Morgan fingerprint density at radius 3 is 2.65 bits per heavy atom. The molecule has 2 aliphatic rings. The SMILES string of the molecule is Cn1c(=O)c2c(nc(N3CCNCC3)n2CC2C=CCCC2)n(C)c1=O. The summed E-state index contributed by atoms with van der Waals surface area (Å²) in [5.74, 6) is 1.20. The smallest absolute Gasteiger partial charge is 0.332 e. The van der Waals surface area contributed by atoms with E-state index in [0.29, 0.717) is 17.1 Å². The summed E-state index contributed by atoms with van der Waals surface area (Å²) in [5.41, 5.74) is 0.405. The van der Waals surface area contributed by atoms with Gasteiger partial charge in [-0.2, -0.15) is 4.98 Å². The minimum atomic E-state index is -0.337. The number of aromatic nitrogens is 4. The molecule has 4 rings (SSSR count). The first kappa shape index (κ1) is 17.1. The highest BCUT2D eigenvalue weighted by molar-refractivity contribution is 5.74. The summed E-state index contributed by atoms with van der Waals surface area (Å²) in [5, 5.41) is 3.35. The molecule has 0 radical (unpaired) electrons. The van der Waals surface area contributed by atoms with Crippen molar-refractivity contribution in [2.24, 2.45) is 20.0 Å². The Kier molecular flexibility index (Phi) is 4.44. The van der Waals surface area contributed by atoms with Crippen molar-refractivity contribution in [1.82, 2.24) is 24.0 Å². The molecule has 1 saturated heterocycles. The van der Waals surface area contributed by atoms with Crippen LogP contribution in [0.2, 0.25) is 0 Å². The van der Waals surface area contributed by atoms with Gasteiger partial charge in [-0.25, -0.2) is 4.79 Å². The third-order valence-corrected chi connectivity index (χ3v) is 5.50. The number of fused-ring (bicyclic) bond motifs is 1. The standard InChI is InChI=1S/C18H26N6O2/c1-21-15-14(16(25)22(2)18(21)26)24(12-13-6-4-3-5-7-13)17(20-15)23-10-8-19-9-11-23/h4,6,13,19H,3,5,7-12H2,1-2H3. The van der Waals surface area contributed by atoms with Crippen LogP contribution in [-0.4, -0.2) is 44.9 Å². The molecule has 0 spiro atoms. The van der Waals surface area contributed by atoms with E-state index in [0.717, 1.165) is 51.5 Å². The van der Waals surface area contributed by atoms with Gasteiger partial charge in [0.05, 0.1) is 0 Å². The topological polar surface area (TPSA) is 77.1 Å². The van der Waals surface area contributed by atoms with Gasteiger partial charge in [0.15, 0.2) is 11.2 Å². The van der Waals surface area contributed by atoms with Crippen molar-refractivity contribution in [3.63, 3.8) is 0 Å². The van der Waals surface area contributed by atoms with Gasteiger partial charge in [0, 0.05) is 46.8 Å². The van der Waals surface area contributed by atoms with Crippen molar-refractivity contribution >= 4 is 17.1 Å². The number of imidazole rings is 1. The Labute approximate surface area is 151 Å². The number of piperazine rings is 1. The van der Waals surface area contributed by atoms with E-state index >= 15 is 0 Å². The molecule has 1 N–H and O–H groups in total. The summed E-state index contributed by atoms with van der Waals surface area (Å²) in [7, 11) is 3.22. The predicted molar refractivity (Wildman–Crippen MR) is 102 cm³/mol. The highest BCUT2D eigenvalue weighted by Gasteiger charge is 2.25. The van der Waals surface area contributed by atoms with E-state index in [4.69, 9.17) is 4.98 Å². The Balaban J connectivity index is 1.91. The average molecular weight is 358 g/mol. The van der Waals surface area contributed by atoms with Crippen LogP contribution in [0, 0.1) is 5.92 Å². The lowest BCUT2D eigenvalue weighted by molar-refractivity contribution is 0.466. The van der Waals surface area contributed by atoms with Gasteiger partial charge in [0.1, 0.15) is 0 Å². The van der Waals surface area contributed by atoms with Crippen molar-refractivity contribution < 1.29 is 0 Å². The lowest BCUT2D eigenvalue weighted by Crippen LogP contribution is -2.44. The fraction of sp³-hybridized carbons (Fsp3) is 0.611. The summed E-state index contributed by atoms with van der Waals surface area (Å²) in [4.78, 5) is 32.2. The molecule has 1 fully saturated rings. The van der Waals surface area contributed by atoms with E-state index < -0.39 is 0 Å². The van der Waals surface area contributed by atoms with Gasteiger partial charge in [-0.3, -0.25) is 13.9 Å². The van der Waals surface area contributed by atoms with Gasteiger partial charge < -0.3 is 14.8 Å². The minimum Gasteiger partial charge on any atom is -0.340 e. The van der Waals surface area contributed by atoms with Gasteiger partial charge in [-0.1, -0.05) is 12.2 Å². The average Bonchev–Trinajstić information content (AvgIpc) is 3.05. The quantitative estimate of drug-likeness (QED) is 0.793. The fourth-order valence-corrected chi connectivity index (χ4v) is 3.98. The van der Waals surface area contributed by atoms with E-state index in [1.54, 1.807) is 7.05 Å². The lowest BCUT2D eigenvalue weighted by atomic mass is 9.96. The van der Waals surface area contributed by atoms with Gasteiger partial charge >= 0.3 is 5.69 Å². The first-order chi connectivity index (χ1) is 12.6. The third-order valence-electron chi connectivity index (χ3n) is 5.50. The molecule has 2 aromatic heterocycles. The van der Waals surface area contributed by atoms with Crippen molar-refractivity contribution in [1.29, 1.82) is 0 Å². The van der Waals surface area contributed by atoms with Crippen LogP contribution in [0.3, 0.4) is 0 Å². The maximum Gasteiger partial charge on any atom is 0.332 e. The maximum atomic E-state index is 12.9. The van der Waals surface area contributed by atoms with Crippen LogP contribution >= 0.6 is 0 Å². The van der Waals surface area contributed by atoms with Crippen LogP contribution in [0.4, 0.5) is 5.95 Å². The normalized spacial score (nSPS) is 20.8. The molecular weight excluding hydrogens is 332 g/mol. The molecule has 0 aromatic carbocycles. The Morgan fingerprint density at radius 2 is 1.96 bits per heavy atom. The Bertz CT molecular complexity index is 961. The van der Waals surface area contributed by atoms with Crippen molar-refractivity contribution in [3.8, 4) is 0 Å². The van der Waals surface area contributed by atoms with Gasteiger partial charge in [-0.15, -0.1) is 0 Å². The number of hydrogen-bond donors (Lipinski definition) is 1. The van der Waals surface area contributed by atoms with E-state index in [1.807, 2.05) is 4.57 Å². The lowest BCUT2D eigenvalue weighted by Gasteiger charge is -2.29. The van der Waals surface area contributed by atoms with Crippen LogP contribution in [-0.2, 0) is 20.6 Å². The largest absolute Gasteiger partial charge is 0.340 e. The van der Waals surface area contributed by atoms with E-state index in [1.165, 1.54) is 22.6 Å². The second-order valence-electron chi connectivity index (χ2n) is 7.26. The van der Waals surface area contributed by atoms with E-state index in [-0.39, 0.29) is 11.2 Å². The molecule has 2 aromatic rings. The zero-order valence-electron chi connectivity index (χ0n) is 15.4. The molecule has 0 saturated carbocycles. The molecule has 0 bridgehead atoms. The van der Waals surface area contributed by atoms with Gasteiger partial charge in [0.25, 0.3) is 5.56 Å². The summed E-state index contributed by atoms with van der Waals surface area (Å²) < 4.78 is 4.71. The van der Waals surface area contributed by atoms with Crippen molar-refractivity contribution in [3.05, 3.63) is 33.0 Å². The predicted octanol–water partition coefficient (Wildman–Crippen LogP) is 0.200. The van der Waals surface area contributed by atoms with Gasteiger partial charge in [0.2, 0.25) is 5.95 Å². The molecule has 3 heterocycles. The van der Waals surface area contributed by atoms with E-state index in [9.17, 15) is 9.59 Å². The summed E-state index contributed by atoms with van der Waals surface area (Å²) in [6.07, 6.45) is 7.90. The van der Waals surface area contributed by atoms with Gasteiger partial charge in [-0.05, 0) is 25.2 Å². The molecule has 1 aliphatic carbocycles. The third kappa shape index (κ3) is 2.78. The monoisotopic (exact) mass is 358 g/mol. The second-order valence-corrected chi connectivity index (χ2v) is 7.26.